The van der Waals surface area contributed by atoms with Crippen molar-refractivity contribution in [2.75, 3.05) is 11.4 Å². The molecule has 1 saturated heterocycles. The molecule has 28 heavy (non-hydrogen) atoms. The van der Waals surface area contributed by atoms with Crippen molar-refractivity contribution in [2.45, 2.75) is 31.9 Å². The molecule has 0 bridgehead atoms. The molecule has 1 aromatic carbocycles. The van der Waals surface area contributed by atoms with Crippen molar-refractivity contribution >= 4 is 11.8 Å². The number of carbonyl (C=O) groups is 1. The van der Waals surface area contributed by atoms with E-state index in [2.05, 4.69) is 5.16 Å². The van der Waals surface area contributed by atoms with E-state index in [0.29, 0.717) is 13.1 Å². The first kappa shape index (κ1) is 16.8. The molecular formula is C21H19N3O4. The van der Waals surface area contributed by atoms with Crippen LogP contribution in [-0.2, 0) is 24.1 Å². The molecule has 0 spiro atoms. The van der Waals surface area contributed by atoms with Gasteiger partial charge in [0.15, 0.2) is 5.76 Å². The molecule has 1 aliphatic heterocycles. The Labute approximate surface area is 161 Å². The number of nitrogens with zero attached hydrogens (tertiary/aromatic N) is 3. The Kier molecular flexibility index (Phi) is 4.00. The van der Waals surface area contributed by atoms with Crippen LogP contribution in [-0.4, -0.2) is 28.5 Å². The Bertz CT molecular complexity index is 1100. The molecule has 0 N–H and O–H groups in total. The summed E-state index contributed by atoms with van der Waals surface area (Å²) < 4.78 is 12.5. The van der Waals surface area contributed by atoms with Crippen LogP contribution in [0.3, 0.4) is 0 Å². The minimum absolute atomic E-state index is 0.107. The number of aryl methyl sites for hydroxylation is 2. The van der Waals surface area contributed by atoms with Crippen LogP contribution in [0.15, 0.2) is 58.1 Å². The largest absolute Gasteiger partial charge is 0.442 e. The van der Waals surface area contributed by atoms with Gasteiger partial charge >= 0.3 is 6.09 Å². The Morgan fingerprint density at radius 2 is 2.00 bits per heavy atom. The zero-order chi connectivity index (χ0) is 19.1. The van der Waals surface area contributed by atoms with E-state index in [4.69, 9.17) is 9.26 Å². The first-order valence-electron chi connectivity index (χ1n) is 9.39. The van der Waals surface area contributed by atoms with Crippen LogP contribution in [0.4, 0.5) is 10.5 Å². The molecule has 3 heterocycles. The highest BCUT2D eigenvalue weighted by Gasteiger charge is 2.33. The number of carbonyl (C=O) groups excluding carboxylic acids is 1. The monoisotopic (exact) mass is 377 g/mol. The van der Waals surface area contributed by atoms with Gasteiger partial charge in [0.2, 0.25) is 0 Å². The van der Waals surface area contributed by atoms with Crippen molar-refractivity contribution < 1.29 is 14.1 Å². The highest BCUT2D eigenvalue weighted by Crippen LogP contribution is 2.35. The average Bonchev–Trinajstić information content (AvgIpc) is 3.26. The number of aromatic nitrogens is 2. The summed E-state index contributed by atoms with van der Waals surface area (Å²) in [5.41, 5.74) is 4.00. The molecule has 7 nitrogen and oxygen atoms in total. The van der Waals surface area contributed by atoms with Gasteiger partial charge in [-0.25, -0.2) is 4.79 Å². The van der Waals surface area contributed by atoms with Gasteiger partial charge in [0.25, 0.3) is 5.56 Å². The predicted molar refractivity (Wildman–Crippen MR) is 102 cm³/mol. The molecule has 5 rings (SSSR count). The summed E-state index contributed by atoms with van der Waals surface area (Å²) in [6.45, 7) is 0.751. The average molecular weight is 377 g/mol. The molecule has 1 atom stereocenters. The third-order valence-corrected chi connectivity index (χ3v) is 5.35. The van der Waals surface area contributed by atoms with E-state index in [1.165, 1.54) is 6.07 Å². The first-order chi connectivity index (χ1) is 13.7. The summed E-state index contributed by atoms with van der Waals surface area (Å²) >= 11 is 0. The van der Waals surface area contributed by atoms with Gasteiger partial charge in [0, 0.05) is 29.1 Å². The van der Waals surface area contributed by atoms with Crippen molar-refractivity contribution in [3.63, 3.8) is 0 Å². The van der Waals surface area contributed by atoms with Crippen molar-refractivity contribution in [3.05, 3.63) is 70.3 Å². The van der Waals surface area contributed by atoms with Crippen LogP contribution in [0.2, 0.25) is 0 Å². The number of hydrogen-bond acceptors (Lipinski definition) is 5. The van der Waals surface area contributed by atoms with Crippen molar-refractivity contribution in [1.29, 1.82) is 0 Å². The Hall–Kier alpha value is -3.35. The predicted octanol–water partition coefficient (Wildman–Crippen LogP) is 3.02. The zero-order valence-corrected chi connectivity index (χ0v) is 15.2. The number of pyridine rings is 1. The third-order valence-electron chi connectivity index (χ3n) is 5.35. The molecule has 1 aliphatic carbocycles. The molecule has 7 heteroatoms. The molecule has 1 fully saturated rings. The second kappa shape index (κ2) is 6.67. The van der Waals surface area contributed by atoms with Gasteiger partial charge in [0.1, 0.15) is 6.10 Å². The first-order valence-corrected chi connectivity index (χ1v) is 9.39. The summed E-state index contributed by atoms with van der Waals surface area (Å²) in [4.78, 5) is 26.0. The number of rotatable bonds is 3. The summed E-state index contributed by atoms with van der Waals surface area (Å²) in [5.74, 6) is 0.823. The standard InChI is InChI=1S/C21H19N3O4/c25-19-6-1-2-9-23(19)12-17-13-24(21(26)27-17)16-7-8-18-14(10-16)4-3-5-15-11-22-28-20(15)18/h1-2,6-11,17H,3-5,12-13H2/t17-/m0/s1. The van der Waals surface area contributed by atoms with Gasteiger partial charge in [-0.15, -0.1) is 0 Å². The minimum atomic E-state index is -0.386. The van der Waals surface area contributed by atoms with Crippen LogP contribution in [0.25, 0.3) is 11.3 Å². The quantitative estimate of drug-likeness (QED) is 0.701. The van der Waals surface area contributed by atoms with E-state index < -0.39 is 0 Å². The SMILES string of the molecule is O=C1O[C@@H](Cn2ccccc2=O)CN1c1ccc2c(c1)CCCc1cnoc1-2. The lowest BCUT2D eigenvalue weighted by molar-refractivity contribution is 0.131. The van der Waals surface area contributed by atoms with Gasteiger partial charge in [-0.2, -0.15) is 0 Å². The fourth-order valence-corrected chi connectivity index (χ4v) is 3.96. The highest BCUT2D eigenvalue weighted by molar-refractivity contribution is 5.90. The van der Waals surface area contributed by atoms with Crippen LogP contribution >= 0.6 is 0 Å². The van der Waals surface area contributed by atoms with Crippen LogP contribution in [0, 0.1) is 0 Å². The van der Waals surface area contributed by atoms with Gasteiger partial charge < -0.3 is 13.8 Å². The number of ether oxygens (including phenoxy) is 1. The smallest absolute Gasteiger partial charge is 0.414 e. The van der Waals surface area contributed by atoms with E-state index in [1.54, 1.807) is 34.0 Å². The van der Waals surface area contributed by atoms with E-state index in [-0.39, 0.29) is 17.8 Å². The van der Waals surface area contributed by atoms with Gasteiger partial charge in [-0.05, 0) is 49.1 Å². The Morgan fingerprint density at radius 1 is 1.11 bits per heavy atom. The lowest BCUT2D eigenvalue weighted by atomic mass is 10.0. The highest BCUT2D eigenvalue weighted by atomic mass is 16.6. The summed E-state index contributed by atoms with van der Waals surface area (Å²) in [6, 6.07) is 10.9. The molecule has 142 valence electrons. The molecule has 0 unspecified atom stereocenters. The maximum atomic E-state index is 12.4. The number of benzene rings is 1. The van der Waals surface area contributed by atoms with E-state index in [0.717, 1.165) is 47.4 Å². The summed E-state index contributed by atoms with van der Waals surface area (Å²) in [6.07, 6.45) is 5.59. The molecule has 0 radical (unpaired) electrons. The van der Waals surface area contributed by atoms with E-state index >= 15 is 0 Å². The second-order valence-electron chi connectivity index (χ2n) is 7.18. The van der Waals surface area contributed by atoms with Crippen LogP contribution < -0.4 is 10.5 Å². The lowest BCUT2D eigenvalue weighted by Gasteiger charge is -2.16. The zero-order valence-electron chi connectivity index (χ0n) is 15.2. The third kappa shape index (κ3) is 2.89. The fraction of sp³-hybridized carbons (Fsp3) is 0.286. The Balaban J connectivity index is 1.40. The Morgan fingerprint density at radius 3 is 2.89 bits per heavy atom. The lowest BCUT2D eigenvalue weighted by Crippen LogP contribution is -2.29. The van der Waals surface area contributed by atoms with Gasteiger partial charge in [-0.1, -0.05) is 11.2 Å². The number of cyclic esters (lactones) is 1. The van der Waals surface area contributed by atoms with Crippen molar-refractivity contribution in [2.24, 2.45) is 0 Å². The van der Waals surface area contributed by atoms with Gasteiger partial charge in [0.05, 0.1) is 19.3 Å². The molecular weight excluding hydrogens is 358 g/mol. The molecule has 2 aliphatic rings. The normalized spacial score (nSPS) is 18.4. The second-order valence-corrected chi connectivity index (χ2v) is 7.18. The summed E-state index contributed by atoms with van der Waals surface area (Å²) in [5, 5.41) is 3.93. The van der Waals surface area contributed by atoms with Crippen molar-refractivity contribution in [1.82, 2.24) is 9.72 Å². The summed E-state index contributed by atoms with van der Waals surface area (Å²) in [7, 11) is 0. The van der Waals surface area contributed by atoms with Crippen molar-refractivity contribution in [3.8, 4) is 11.3 Å². The van der Waals surface area contributed by atoms with Crippen LogP contribution in [0.5, 0.6) is 0 Å². The molecule has 0 saturated carbocycles. The van der Waals surface area contributed by atoms with Gasteiger partial charge in [-0.3, -0.25) is 9.69 Å². The molecule has 2 aromatic heterocycles. The maximum Gasteiger partial charge on any atom is 0.414 e. The molecule has 1 amide bonds. The van der Waals surface area contributed by atoms with E-state index in [9.17, 15) is 9.59 Å². The van der Waals surface area contributed by atoms with E-state index in [1.807, 2.05) is 18.2 Å². The van der Waals surface area contributed by atoms with Crippen LogP contribution in [0.1, 0.15) is 17.5 Å². The minimum Gasteiger partial charge on any atom is -0.442 e. The fourth-order valence-electron chi connectivity index (χ4n) is 3.96. The number of anilines is 1. The number of fused-ring (bicyclic) bond motifs is 3. The molecule has 3 aromatic rings. The number of hydrogen-bond donors (Lipinski definition) is 0. The number of amides is 1. The topological polar surface area (TPSA) is 77.6 Å². The maximum absolute atomic E-state index is 12.4.